The minimum absolute atomic E-state index is 0.231. The first-order chi connectivity index (χ1) is 9.47. The maximum absolute atomic E-state index is 11.4. The Morgan fingerprint density at radius 1 is 1.45 bits per heavy atom. The Morgan fingerprint density at radius 3 is 2.65 bits per heavy atom. The number of carboxylic acid groups (broad SMARTS) is 1. The average molecular weight is 294 g/mol. The highest BCUT2D eigenvalue weighted by atomic mass is 32.2. The molecule has 1 heterocycles. The van der Waals surface area contributed by atoms with Gasteiger partial charge in [0, 0.05) is 17.0 Å². The fourth-order valence-corrected chi connectivity index (χ4v) is 3.87. The molecule has 1 aliphatic rings. The molecular formula is C15H22N2O2S. The number of carbonyl (C=O) groups is 1. The van der Waals surface area contributed by atoms with Gasteiger partial charge in [0.05, 0.1) is 0 Å². The van der Waals surface area contributed by atoms with Crippen LogP contribution in [0.4, 0.5) is 5.82 Å². The Balaban J connectivity index is 2.22. The summed E-state index contributed by atoms with van der Waals surface area (Å²) in [5.74, 6) is -0.405. The van der Waals surface area contributed by atoms with Gasteiger partial charge in [0.1, 0.15) is 11.4 Å². The van der Waals surface area contributed by atoms with E-state index in [-0.39, 0.29) is 4.75 Å². The molecule has 1 aliphatic carbocycles. The summed E-state index contributed by atoms with van der Waals surface area (Å²) < 4.78 is 0.231. The van der Waals surface area contributed by atoms with Crippen molar-refractivity contribution in [3.63, 3.8) is 0 Å². The van der Waals surface area contributed by atoms with E-state index in [1.54, 1.807) is 0 Å². The van der Waals surface area contributed by atoms with Crippen molar-refractivity contribution in [1.29, 1.82) is 0 Å². The second-order valence-corrected chi connectivity index (χ2v) is 6.83. The first kappa shape index (κ1) is 15.2. The number of hydrogen-bond acceptors (Lipinski definition) is 4. The summed E-state index contributed by atoms with van der Waals surface area (Å²) in [6.45, 7) is 4.50. The zero-order valence-electron chi connectivity index (χ0n) is 12.3. The predicted octanol–water partition coefficient (Wildman–Crippen LogP) is 3.48. The third-order valence-corrected chi connectivity index (χ3v) is 5.50. The fraction of sp³-hybridized carbons (Fsp3) is 0.600. The van der Waals surface area contributed by atoms with Crippen LogP contribution >= 0.6 is 11.8 Å². The molecule has 20 heavy (non-hydrogen) atoms. The van der Waals surface area contributed by atoms with Gasteiger partial charge in [-0.15, -0.1) is 0 Å². The lowest BCUT2D eigenvalue weighted by Crippen LogP contribution is -2.31. The fourth-order valence-electron chi connectivity index (χ4n) is 2.95. The molecule has 5 heteroatoms. The molecule has 4 nitrogen and oxygen atoms in total. The highest BCUT2D eigenvalue weighted by Crippen LogP contribution is 2.40. The first-order valence-electron chi connectivity index (χ1n) is 6.98. The van der Waals surface area contributed by atoms with Gasteiger partial charge in [0.15, 0.2) is 0 Å². The number of anilines is 1. The quantitative estimate of drug-likeness (QED) is 0.870. The molecule has 1 fully saturated rings. The van der Waals surface area contributed by atoms with E-state index in [1.165, 1.54) is 25.7 Å². The van der Waals surface area contributed by atoms with Crippen molar-refractivity contribution >= 4 is 23.5 Å². The maximum Gasteiger partial charge on any atom is 0.339 e. The molecule has 0 spiro atoms. The highest BCUT2D eigenvalue weighted by Gasteiger charge is 2.33. The largest absolute Gasteiger partial charge is 0.478 e. The number of pyridine rings is 1. The molecule has 0 aliphatic heterocycles. The number of nitrogens with zero attached hydrogens (tertiary/aromatic N) is 1. The Kier molecular flexibility index (Phi) is 4.58. The summed E-state index contributed by atoms with van der Waals surface area (Å²) in [5, 5.41) is 12.7. The van der Waals surface area contributed by atoms with Crippen LogP contribution in [0.1, 0.15) is 47.3 Å². The first-order valence-corrected chi connectivity index (χ1v) is 8.20. The van der Waals surface area contributed by atoms with E-state index in [1.807, 2.05) is 31.7 Å². The predicted molar refractivity (Wildman–Crippen MR) is 83.9 cm³/mol. The number of nitrogens with one attached hydrogen (secondary N) is 1. The van der Waals surface area contributed by atoms with Gasteiger partial charge in [-0.3, -0.25) is 0 Å². The van der Waals surface area contributed by atoms with E-state index >= 15 is 0 Å². The molecule has 2 N–H and O–H groups in total. The number of aromatic nitrogens is 1. The van der Waals surface area contributed by atoms with Crippen LogP contribution in [-0.4, -0.2) is 33.6 Å². The summed E-state index contributed by atoms with van der Waals surface area (Å²) in [6.07, 6.45) is 7.03. The lowest BCUT2D eigenvalue weighted by molar-refractivity contribution is 0.0697. The number of aromatic carboxylic acids is 1. The van der Waals surface area contributed by atoms with E-state index < -0.39 is 5.97 Å². The maximum atomic E-state index is 11.4. The van der Waals surface area contributed by atoms with E-state index in [0.717, 1.165) is 17.8 Å². The molecule has 0 atom stereocenters. The zero-order chi connectivity index (χ0) is 14.8. The van der Waals surface area contributed by atoms with Crippen LogP contribution in [-0.2, 0) is 0 Å². The molecule has 1 aromatic rings. The average Bonchev–Trinajstić information content (AvgIpc) is 2.84. The minimum atomic E-state index is -0.915. The normalized spacial score (nSPS) is 17.1. The Labute approximate surface area is 124 Å². The summed E-state index contributed by atoms with van der Waals surface area (Å²) in [7, 11) is 0. The number of carboxylic acids is 1. The lowest BCUT2D eigenvalue weighted by atomic mass is 10.1. The molecular weight excluding hydrogens is 272 g/mol. The Hall–Kier alpha value is -1.23. The molecule has 0 aromatic carbocycles. The van der Waals surface area contributed by atoms with E-state index in [4.69, 9.17) is 0 Å². The third kappa shape index (κ3) is 3.08. The van der Waals surface area contributed by atoms with Gasteiger partial charge in [-0.2, -0.15) is 11.8 Å². The molecule has 1 aromatic heterocycles. The number of aryl methyl sites for hydroxylation is 2. The van der Waals surface area contributed by atoms with Crippen LogP contribution in [0.15, 0.2) is 6.07 Å². The van der Waals surface area contributed by atoms with Gasteiger partial charge in [-0.1, -0.05) is 12.8 Å². The van der Waals surface area contributed by atoms with Crippen LogP contribution in [0.5, 0.6) is 0 Å². The van der Waals surface area contributed by atoms with Gasteiger partial charge in [-0.05, 0) is 44.6 Å². The molecule has 0 saturated heterocycles. The summed E-state index contributed by atoms with van der Waals surface area (Å²) in [5.41, 5.74) is 1.90. The van der Waals surface area contributed by atoms with Gasteiger partial charge >= 0.3 is 5.97 Å². The van der Waals surface area contributed by atoms with Gasteiger partial charge in [-0.25, -0.2) is 9.78 Å². The molecule has 110 valence electrons. The molecule has 1 saturated carbocycles. The van der Waals surface area contributed by atoms with Crippen molar-refractivity contribution in [3.8, 4) is 0 Å². The molecule has 0 radical (unpaired) electrons. The monoisotopic (exact) mass is 294 g/mol. The zero-order valence-corrected chi connectivity index (χ0v) is 13.1. The standard InChI is InChI=1S/C15H22N2O2S/c1-10-8-11(2)17-13(12(10)14(18)19)16-9-15(20-3)6-4-5-7-15/h8H,4-7,9H2,1-3H3,(H,16,17)(H,18,19). The van der Waals surface area contributed by atoms with E-state index in [0.29, 0.717) is 11.4 Å². The van der Waals surface area contributed by atoms with Crippen molar-refractivity contribution in [2.24, 2.45) is 0 Å². The second kappa shape index (κ2) is 6.04. The van der Waals surface area contributed by atoms with Crippen molar-refractivity contribution in [3.05, 3.63) is 22.9 Å². The highest BCUT2D eigenvalue weighted by molar-refractivity contribution is 8.00. The van der Waals surface area contributed by atoms with Crippen molar-refractivity contribution in [2.45, 2.75) is 44.3 Å². The van der Waals surface area contributed by atoms with E-state index in [2.05, 4.69) is 16.6 Å². The van der Waals surface area contributed by atoms with Crippen molar-refractivity contribution in [1.82, 2.24) is 4.98 Å². The minimum Gasteiger partial charge on any atom is -0.478 e. The summed E-state index contributed by atoms with van der Waals surface area (Å²) in [4.78, 5) is 15.8. The number of thioether (sulfide) groups is 1. The van der Waals surface area contributed by atoms with Crippen LogP contribution in [0, 0.1) is 13.8 Å². The van der Waals surface area contributed by atoms with Crippen LogP contribution in [0.25, 0.3) is 0 Å². The third-order valence-electron chi connectivity index (χ3n) is 4.08. The number of rotatable bonds is 5. The Morgan fingerprint density at radius 2 is 2.10 bits per heavy atom. The van der Waals surface area contributed by atoms with Crippen molar-refractivity contribution in [2.75, 3.05) is 18.1 Å². The Bertz CT molecular complexity index is 511. The molecule has 2 rings (SSSR count). The van der Waals surface area contributed by atoms with Crippen molar-refractivity contribution < 1.29 is 9.90 Å². The second-order valence-electron chi connectivity index (χ2n) is 5.56. The SMILES string of the molecule is CSC1(CNc2nc(C)cc(C)c2C(=O)O)CCCC1. The van der Waals surface area contributed by atoms with Crippen LogP contribution in [0.3, 0.4) is 0 Å². The number of hydrogen-bond donors (Lipinski definition) is 2. The van der Waals surface area contributed by atoms with Gasteiger partial charge in [0.2, 0.25) is 0 Å². The van der Waals surface area contributed by atoms with Gasteiger partial charge < -0.3 is 10.4 Å². The molecule has 0 unspecified atom stereocenters. The summed E-state index contributed by atoms with van der Waals surface area (Å²) >= 11 is 1.88. The van der Waals surface area contributed by atoms with Crippen LogP contribution in [0.2, 0.25) is 0 Å². The topological polar surface area (TPSA) is 62.2 Å². The van der Waals surface area contributed by atoms with Gasteiger partial charge in [0.25, 0.3) is 0 Å². The smallest absolute Gasteiger partial charge is 0.339 e. The molecule has 0 bridgehead atoms. The summed E-state index contributed by atoms with van der Waals surface area (Å²) in [6, 6.07) is 1.81. The van der Waals surface area contributed by atoms with Crippen LogP contribution < -0.4 is 5.32 Å². The molecule has 0 amide bonds. The van der Waals surface area contributed by atoms with E-state index in [9.17, 15) is 9.90 Å². The lowest BCUT2D eigenvalue weighted by Gasteiger charge is -2.27.